The third-order valence-corrected chi connectivity index (χ3v) is 4.80. The molecule has 0 saturated heterocycles. The normalized spacial score (nSPS) is 16.2. The maximum atomic E-state index is 12.0. The number of fused-ring (bicyclic) bond motifs is 1. The number of aryl methyl sites for hydroxylation is 2. The van der Waals surface area contributed by atoms with Gasteiger partial charge in [-0.05, 0) is 32.6 Å². The molecule has 1 aromatic rings. The van der Waals surface area contributed by atoms with Gasteiger partial charge in [-0.2, -0.15) is 13.2 Å². The number of nitrogens with one attached hydrogen (secondary N) is 2. The summed E-state index contributed by atoms with van der Waals surface area (Å²) in [6.45, 7) is 0.785. The number of halogens is 3. The molecule has 1 heterocycles. The van der Waals surface area contributed by atoms with Crippen molar-refractivity contribution in [2.45, 2.75) is 51.2 Å². The molecule has 2 N–H and O–H groups in total. The van der Waals surface area contributed by atoms with Crippen molar-refractivity contribution in [1.82, 2.24) is 15.6 Å². The Morgan fingerprint density at radius 3 is 2.77 bits per heavy atom. The maximum absolute atomic E-state index is 12.0. The highest BCUT2D eigenvalue weighted by Gasteiger charge is 2.26. The number of carbonyl (C=O) groups excluding carboxylic acids is 1. The van der Waals surface area contributed by atoms with E-state index in [-0.39, 0.29) is 24.9 Å². The Balaban J connectivity index is 1.75. The minimum atomic E-state index is -4.25. The van der Waals surface area contributed by atoms with Crippen LogP contribution in [0.4, 0.5) is 13.2 Å². The summed E-state index contributed by atoms with van der Waals surface area (Å²) >= 11 is 1.63. The molecule has 1 amide bonds. The zero-order chi connectivity index (χ0) is 16.2. The van der Waals surface area contributed by atoms with E-state index in [4.69, 9.17) is 0 Å². The van der Waals surface area contributed by atoms with E-state index in [9.17, 15) is 18.0 Å². The van der Waals surface area contributed by atoms with Crippen molar-refractivity contribution >= 4 is 17.2 Å². The fraction of sp³-hybridized carbons (Fsp3) is 0.714. The van der Waals surface area contributed by atoms with Gasteiger partial charge >= 0.3 is 6.18 Å². The summed E-state index contributed by atoms with van der Waals surface area (Å²) in [6.07, 6.45) is 0.153. The molecule has 0 spiro atoms. The summed E-state index contributed by atoms with van der Waals surface area (Å²) in [5.41, 5.74) is 1.14. The first-order chi connectivity index (χ1) is 10.3. The lowest BCUT2D eigenvalue weighted by molar-refractivity contribution is -0.127. The van der Waals surface area contributed by atoms with Crippen LogP contribution in [0.25, 0.3) is 0 Å². The van der Waals surface area contributed by atoms with Gasteiger partial charge in [-0.15, -0.1) is 11.3 Å². The predicted octanol–water partition coefficient (Wildman–Crippen LogP) is 2.74. The molecule has 1 atom stereocenters. The van der Waals surface area contributed by atoms with Crippen molar-refractivity contribution in [3.63, 3.8) is 0 Å². The van der Waals surface area contributed by atoms with Gasteiger partial charge in [0.1, 0.15) is 5.01 Å². The number of rotatable bonds is 6. The first kappa shape index (κ1) is 17.2. The molecule has 1 aliphatic rings. The molecule has 0 aliphatic heterocycles. The molecule has 4 nitrogen and oxygen atoms in total. The molecule has 0 radical (unpaired) electrons. The smallest absolute Gasteiger partial charge is 0.347 e. The predicted molar refractivity (Wildman–Crippen MR) is 78.9 cm³/mol. The number of hydrogen-bond donors (Lipinski definition) is 2. The largest absolute Gasteiger partial charge is 0.401 e. The van der Waals surface area contributed by atoms with Crippen LogP contribution >= 0.6 is 11.3 Å². The van der Waals surface area contributed by atoms with E-state index >= 15 is 0 Å². The topological polar surface area (TPSA) is 54.0 Å². The van der Waals surface area contributed by atoms with E-state index in [0.717, 1.165) is 30.0 Å². The SMILES string of the molecule is CC(NC(=O)CCNCC(F)(F)F)c1nc2c(s1)CCCC2. The van der Waals surface area contributed by atoms with Gasteiger partial charge in [-0.25, -0.2) is 4.98 Å². The molecule has 0 fully saturated rings. The van der Waals surface area contributed by atoms with Crippen LogP contribution in [0.15, 0.2) is 0 Å². The van der Waals surface area contributed by atoms with E-state index in [0.29, 0.717) is 0 Å². The Morgan fingerprint density at radius 2 is 2.09 bits per heavy atom. The minimum Gasteiger partial charge on any atom is -0.347 e. The Bertz CT molecular complexity index is 492. The molecular formula is C14H20F3N3OS. The minimum absolute atomic E-state index is 0.00638. The second kappa shape index (κ2) is 7.41. The van der Waals surface area contributed by atoms with Crippen molar-refractivity contribution < 1.29 is 18.0 Å². The highest BCUT2D eigenvalue weighted by molar-refractivity contribution is 7.11. The average molecular weight is 335 g/mol. The van der Waals surface area contributed by atoms with Gasteiger partial charge in [-0.3, -0.25) is 4.79 Å². The molecule has 2 rings (SSSR count). The van der Waals surface area contributed by atoms with E-state index in [1.165, 1.54) is 11.3 Å². The van der Waals surface area contributed by atoms with Gasteiger partial charge < -0.3 is 10.6 Å². The van der Waals surface area contributed by atoms with Crippen LogP contribution in [0.2, 0.25) is 0 Å². The van der Waals surface area contributed by atoms with Gasteiger partial charge in [-0.1, -0.05) is 0 Å². The van der Waals surface area contributed by atoms with Crippen LogP contribution in [0.1, 0.15) is 47.8 Å². The van der Waals surface area contributed by atoms with Gasteiger partial charge in [0.05, 0.1) is 18.3 Å². The van der Waals surface area contributed by atoms with Gasteiger partial charge in [0.2, 0.25) is 5.91 Å². The Labute approximate surface area is 131 Å². The summed E-state index contributed by atoms with van der Waals surface area (Å²) in [6, 6.07) is -0.203. The first-order valence-electron chi connectivity index (χ1n) is 7.40. The quantitative estimate of drug-likeness (QED) is 0.786. The molecule has 0 bridgehead atoms. The molecule has 124 valence electrons. The maximum Gasteiger partial charge on any atom is 0.401 e. The van der Waals surface area contributed by atoms with Crippen LogP contribution in [0, 0.1) is 0 Å². The fourth-order valence-electron chi connectivity index (χ4n) is 2.36. The van der Waals surface area contributed by atoms with Crippen LogP contribution in [0.5, 0.6) is 0 Å². The van der Waals surface area contributed by atoms with Gasteiger partial charge in [0, 0.05) is 17.8 Å². The second-order valence-electron chi connectivity index (χ2n) is 5.46. The lowest BCUT2D eigenvalue weighted by atomic mass is 10.0. The van der Waals surface area contributed by atoms with Crippen LogP contribution in [0.3, 0.4) is 0 Å². The second-order valence-corrected chi connectivity index (χ2v) is 6.58. The van der Waals surface area contributed by atoms with E-state index in [1.54, 1.807) is 11.3 Å². The number of amides is 1. The summed E-state index contributed by atoms with van der Waals surface area (Å²) in [4.78, 5) is 17.6. The monoisotopic (exact) mass is 335 g/mol. The van der Waals surface area contributed by atoms with E-state index < -0.39 is 12.7 Å². The zero-order valence-corrected chi connectivity index (χ0v) is 13.2. The molecule has 1 unspecified atom stereocenters. The average Bonchev–Trinajstić information content (AvgIpc) is 2.86. The number of aromatic nitrogens is 1. The molecule has 8 heteroatoms. The number of thiazole rings is 1. The molecule has 1 aromatic heterocycles. The molecule has 0 aromatic carbocycles. The lowest BCUT2D eigenvalue weighted by Crippen LogP contribution is -2.33. The summed E-state index contributed by atoms with van der Waals surface area (Å²) in [5, 5.41) is 5.88. The zero-order valence-electron chi connectivity index (χ0n) is 12.4. The highest BCUT2D eigenvalue weighted by atomic mass is 32.1. The first-order valence-corrected chi connectivity index (χ1v) is 8.22. The third-order valence-electron chi connectivity index (χ3n) is 3.46. The van der Waals surface area contributed by atoms with Crippen LogP contribution in [-0.4, -0.2) is 30.2 Å². The number of hydrogen-bond acceptors (Lipinski definition) is 4. The van der Waals surface area contributed by atoms with E-state index in [1.807, 2.05) is 6.92 Å². The Kier molecular flexibility index (Phi) is 5.80. The summed E-state index contributed by atoms with van der Waals surface area (Å²) < 4.78 is 35.9. The summed E-state index contributed by atoms with van der Waals surface area (Å²) in [7, 11) is 0. The van der Waals surface area contributed by atoms with Gasteiger partial charge in [0.15, 0.2) is 0 Å². The van der Waals surface area contributed by atoms with Gasteiger partial charge in [0.25, 0.3) is 0 Å². The lowest BCUT2D eigenvalue weighted by Gasteiger charge is -2.12. The summed E-state index contributed by atoms with van der Waals surface area (Å²) in [5.74, 6) is -0.268. The molecule has 1 aliphatic carbocycles. The Hall–Kier alpha value is -1.15. The van der Waals surface area contributed by atoms with E-state index in [2.05, 4.69) is 15.6 Å². The van der Waals surface area contributed by atoms with Crippen molar-refractivity contribution in [2.24, 2.45) is 0 Å². The Morgan fingerprint density at radius 1 is 1.36 bits per heavy atom. The van der Waals surface area contributed by atoms with Crippen molar-refractivity contribution in [3.8, 4) is 0 Å². The number of nitrogens with zero attached hydrogens (tertiary/aromatic N) is 1. The molecule has 0 saturated carbocycles. The van der Waals surface area contributed by atoms with Crippen LogP contribution in [-0.2, 0) is 17.6 Å². The number of carbonyl (C=O) groups is 1. The molecular weight excluding hydrogens is 315 g/mol. The van der Waals surface area contributed by atoms with Crippen molar-refractivity contribution in [1.29, 1.82) is 0 Å². The fourth-order valence-corrected chi connectivity index (χ4v) is 3.52. The standard InChI is InChI=1S/C14H20F3N3OS/c1-9(13-20-10-4-2-3-5-11(10)22-13)19-12(21)6-7-18-8-14(15,16)17/h9,18H,2-8H2,1H3,(H,19,21). The highest BCUT2D eigenvalue weighted by Crippen LogP contribution is 2.29. The molecule has 22 heavy (non-hydrogen) atoms. The third kappa shape index (κ3) is 5.24. The van der Waals surface area contributed by atoms with Crippen molar-refractivity contribution in [2.75, 3.05) is 13.1 Å². The van der Waals surface area contributed by atoms with Crippen molar-refractivity contribution in [3.05, 3.63) is 15.6 Å². The number of alkyl halides is 3. The van der Waals surface area contributed by atoms with Crippen LogP contribution < -0.4 is 10.6 Å².